The number of alkyl halides is 3. The molecule has 1 saturated heterocycles. The third kappa shape index (κ3) is 2.92. The molecule has 1 amide bonds. The first-order chi connectivity index (χ1) is 9.22. The van der Waals surface area contributed by atoms with Crippen molar-refractivity contribution in [3.8, 4) is 0 Å². The monoisotopic (exact) mass is 290 g/mol. The van der Waals surface area contributed by atoms with Gasteiger partial charge in [0.05, 0.1) is 5.54 Å². The number of carbonyl (C=O) groups excluding carboxylic acids is 1. The van der Waals surface area contributed by atoms with Crippen LogP contribution in [-0.2, 0) is 10.3 Å². The minimum Gasteiger partial charge on any atom is -0.333 e. The van der Waals surface area contributed by atoms with Crippen molar-refractivity contribution in [2.75, 3.05) is 13.1 Å². The fourth-order valence-electron chi connectivity index (χ4n) is 2.45. The van der Waals surface area contributed by atoms with Crippen molar-refractivity contribution in [3.05, 3.63) is 35.6 Å². The number of hydrogen-bond donors (Lipinski definition) is 1. The maximum atomic E-state index is 12.9. The summed E-state index contributed by atoms with van der Waals surface area (Å²) in [4.78, 5) is 12.0. The largest absolute Gasteiger partial charge is 0.471 e. The molecule has 1 atom stereocenters. The average molecular weight is 290 g/mol. The molecule has 0 spiro atoms. The van der Waals surface area contributed by atoms with E-state index in [1.54, 1.807) is 0 Å². The number of benzene rings is 1. The lowest BCUT2D eigenvalue weighted by Crippen LogP contribution is -2.56. The first-order valence-electron chi connectivity index (χ1n) is 6.13. The lowest BCUT2D eigenvalue weighted by Gasteiger charge is -2.40. The standard InChI is InChI=1S/C13H14F4N2O/c14-10-4-2-9(3-5-10)12(18)6-1-7-19(8-12)11(20)13(15,16)17/h2-5H,1,6-8,18H2. The molecular weight excluding hydrogens is 276 g/mol. The van der Waals surface area contributed by atoms with E-state index >= 15 is 0 Å². The van der Waals surface area contributed by atoms with Gasteiger partial charge in [0, 0.05) is 13.1 Å². The predicted octanol–water partition coefficient (Wildman–Crippen LogP) is 2.16. The van der Waals surface area contributed by atoms with Crippen LogP contribution in [0.1, 0.15) is 18.4 Å². The van der Waals surface area contributed by atoms with Gasteiger partial charge in [0.1, 0.15) is 5.82 Å². The highest BCUT2D eigenvalue weighted by atomic mass is 19.4. The Morgan fingerprint density at radius 1 is 1.25 bits per heavy atom. The van der Waals surface area contributed by atoms with Crippen LogP contribution in [0, 0.1) is 5.82 Å². The summed E-state index contributed by atoms with van der Waals surface area (Å²) in [6.07, 6.45) is -4.09. The quantitative estimate of drug-likeness (QED) is 0.806. The SMILES string of the molecule is NC1(c2ccc(F)cc2)CCCN(C(=O)C(F)(F)F)C1. The summed E-state index contributed by atoms with van der Waals surface area (Å²) in [6.45, 7) is -0.199. The number of hydrogen-bond acceptors (Lipinski definition) is 2. The van der Waals surface area contributed by atoms with Gasteiger partial charge in [-0.2, -0.15) is 13.2 Å². The van der Waals surface area contributed by atoms with E-state index in [9.17, 15) is 22.4 Å². The Bertz CT molecular complexity index is 500. The molecule has 1 aromatic rings. The second kappa shape index (κ2) is 5.05. The highest BCUT2D eigenvalue weighted by Gasteiger charge is 2.46. The smallest absolute Gasteiger partial charge is 0.333 e. The van der Waals surface area contributed by atoms with Crippen LogP contribution in [0.4, 0.5) is 17.6 Å². The van der Waals surface area contributed by atoms with Crippen LogP contribution >= 0.6 is 0 Å². The van der Waals surface area contributed by atoms with Gasteiger partial charge in [-0.3, -0.25) is 4.79 Å². The maximum Gasteiger partial charge on any atom is 0.471 e. The zero-order valence-electron chi connectivity index (χ0n) is 10.6. The van der Waals surface area contributed by atoms with E-state index in [0.29, 0.717) is 23.3 Å². The molecular formula is C13H14F4N2O. The van der Waals surface area contributed by atoms with Crippen molar-refractivity contribution in [1.29, 1.82) is 0 Å². The Morgan fingerprint density at radius 2 is 1.85 bits per heavy atom. The molecule has 2 N–H and O–H groups in total. The molecule has 20 heavy (non-hydrogen) atoms. The third-order valence-electron chi connectivity index (χ3n) is 3.47. The van der Waals surface area contributed by atoms with Crippen LogP contribution in [0.5, 0.6) is 0 Å². The van der Waals surface area contributed by atoms with E-state index in [2.05, 4.69) is 0 Å². The molecule has 3 nitrogen and oxygen atoms in total. The van der Waals surface area contributed by atoms with Crippen molar-refractivity contribution in [2.24, 2.45) is 5.73 Å². The number of carbonyl (C=O) groups is 1. The Balaban J connectivity index is 2.21. The van der Waals surface area contributed by atoms with Crippen LogP contribution in [-0.4, -0.2) is 30.1 Å². The molecule has 1 heterocycles. The van der Waals surface area contributed by atoms with Gasteiger partial charge in [0.25, 0.3) is 0 Å². The summed E-state index contributed by atoms with van der Waals surface area (Å²) >= 11 is 0. The molecule has 0 radical (unpaired) electrons. The normalized spacial score (nSPS) is 23.8. The van der Waals surface area contributed by atoms with Gasteiger partial charge in [0.2, 0.25) is 0 Å². The number of halogens is 4. The molecule has 1 fully saturated rings. The molecule has 0 aliphatic carbocycles. The average Bonchev–Trinajstić information content (AvgIpc) is 2.37. The summed E-state index contributed by atoms with van der Waals surface area (Å²) in [6, 6.07) is 5.29. The van der Waals surface area contributed by atoms with Crippen molar-refractivity contribution in [3.63, 3.8) is 0 Å². The Morgan fingerprint density at radius 3 is 2.40 bits per heavy atom. The van der Waals surface area contributed by atoms with Gasteiger partial charge in [-0.05, 0) is 30.5 Å². The third-order valence-corrected chi connectivity index (χ3v) is 3.47. The topological polar surface area (TPSA) is 46.3 Å². The Kier molecular flexibility index (Phi) is 3.73. The highest BCUT2D eigenvalue weighted by Crippen LogP contribution is 2.31. The first-order valence-corrected chi connectivity index (χ1v) is 6.13. The van der Waals surface area contributed by atoms with E-state index in [-0.39, 0.29) is 13.1 Å². The number of nitrogens with two attached hydrogens (primary N) is 1. The fourth-order valence-corrected chi connectivity index (χ4v) is 2.45. The van der Waals surface area contributed by atoms with Gasteiger partial charge >= 0.3 is 12.1 Å². The van der Waals surface area contributed by atoms with Crippen LogP contribution in [0.25, 0.3) is 0 Å². The molecule has 1 aliphatic rings. The lowest BCUT2D eigenvalue weighted by atomic mass is 9.83. The lowest BCUT2D eigenvalue weighted by molar-refractivity contribution is -0.187. The molecule has 0 bridgehead atoms. The van der Waals surface area contributed by atoms with Crippen LogP contribution < -0.4 is 5.73 Å². The first kappa shape index (κ1) is 14.8. The number of nitrogens with zero attached hydrogens (tertiary/aromatic N) is 1. The number of likely N-dealkylation sites (tertiary alicyclic amines) is 1. The van der Waals surface area contributed by atoms with Crippen LogP contribution in [0.15, 0.2) is 24.3 Å². The zero-order chi connectivity index (χ0) is 15.0. The molecule has 0 saturated carbocycles. The van der Waals surface area contributed by atoms with Gasteiger partial charge < -0.3 is 10.6 Å². The van der Waals surface area contributed by atoms with E-state index in [1.165, 1.54) is 24.3 Å². The minimum atomic E-state index is -4.90. The molecule has 7 heteroatoms. The summed E-state index contributed by atoms with van der Waals surface area (Å²) in [5.74, 6) is -2.33. The van der Waals surface area contributed by atoms with Gasteiger partial charge in [-0.25, -0.2) is 4.39 Å². The summed E-state index contributed by atoms with van der Waals surface area (Å²) in [5.41, 5.74) is 5.57. The van der Waals surface area contributed by atoms with Crippen molar-refractivity contribution in [2.45, 2.75) is 24.6 Å². The Labute approximate surface area is 113 Å². The minimum absolute atomic E-state index is 0.0263. The van der Waals surface area contributed by atoms with E-state index in [4.69, 9.17) is 5.73 Å². The molecule has 1 aromatic carbocycles. The van der Waals surface area contributed by atoms with Crippen LogP contribution in [0.2, 0.25) is 0 Å². The highest BCUT2D eigenvalue weighted by molar-refractivity contribution is 5.82. The number of amides is 1. The van der Waals surface area contributed by atoms with Crippen LogP contribution in [0.3, 0.4) is 0 Å². The van der Waals surface area contributed by atoms with E-state index < -0.39 is 23.4 Å². The Hall–Kier alpha value is -1.63. The second-order valence-electron chi connectivity index (χ2n) is 4.99. The fraction of sp³-hybridized carbons (Fsp3) is 0.462. The van der Waals surface area contributed by atoms with E-state index in [1.807, 2.05) is 0 Å². The van der Waals surface area contributed by atoms with Crippen molar-refractivity contribution >= 4 is 5.91 Å². The number of piperidine rings is 1. The maximum absolute atomic E-state index is 12.9. The summed E-state index contributed by atoms with van der Waals surface area (Å²) in [5, 5.41) is 0. The van der Waals surface area contributed by atoms with E-state index in [0.717, 1.165) is 0 Å². The van der Waals surface area contributed by atoms with Gasteiger partial charge in [-0.15, -0.1) is 0 Å². The number of rotatable bonds is 1. The summed E-state index contributed by atoms with van der Waals surface area (Å²) in [7, 11) is 0. The van der Waals surface area contributed by atoms with Crippen molar-refractivity contribution < 1.29 is 22.4 Å². The second-order valence-corrected chi connectivity index (χ2v) is 4.99. The van der Waals surface area contributed by atoms with Gasteiger partial charge in [-0.1, -0.05) is 12.1 Å². The molecule has 110 valence electrons. The molecule has 2 rings (SSSR count). The van der Waals surface area contributed by atoms with Crippen molar-refractivity contribution in [1.82, 2.24) is 4.90 Å². The molecule has 1 aliphatic heterocycles. The summed E-state index contributed by atoms with van der Waals surface area (Å²) < 4.78 is 50.3. The van der Waals surface area contributed by atoms with Gasteiger partial charge in [0.15, 0.2) is 0 Å². The molecule has 0 aromatic heterocycles. The zero-order valence-corrected chi connectivity index (χ0v) is 10.6. The predicted molar refractivity (Wildman–Crippen MR) is 64.1 cm³/mol. The molecule has 1 unspecified atom stereocenters.